The van der Waals surface area contributed by atoms with Crippen LogP contribution in [-0.2, 0) is 17.8 Å². The molecule has 0 radical (unpaired) electrons. The summed E-state index contributed by atoms with van der Waals surface area (Å²) in [7, 11) is 0. The molecule has 2 aromatic heterocycles. The Hall–Kier alpha value is -1.02. The molecule has 3 rings (SSSR count). The Balaban J connectivity index is 1.60. The first-order valence-electron chi connectivity index (χ1n) is 6.93. The van der Waals surface area contributed by atoms with Crippen molar-refractivity contribution in [2.75, 3.05) is 19.7 Å². The monoisotopic (exact) mass is 327 g/mol. The van der Waals surface area contributed by atoms with Gasteiger partial charge in [0.2, 0.25) is 0 Å². The molecule has 0 spiro atoms. The fourth-order valence-corrected chi connectivity index (χ4v) is 3.20. The summed E-state index contributed by atoms with van der Waals surface area (Å²) in [4.78, 5) is 2.31. The standard InChI is InChI=1S/C13H18ClN5OS/c1-9-5-10(2)19(16-9)7-11-6-18(3-4-20-11)8-12-13(14)21-17-15-12/h5,11H,3-4,6-8H2,1-2H3. The Labute approximate surface area is 132 Å². The first-order valence-corrected chi connectivity index (χ1v) is 8.08. The lowest BCUT2D eigenvalue weighted by molar-refractivity contribution is -0.0408. The molecule has 2 aromatic rings. The predicted octanol–water partition coefficient (Wildman–Crippen LogP) is 1.91. The third kappa shape index (κ3) is 3.60. The van der Waals surface area contributed by atoms with E-state index in [4.69, 9.17) is 16.3 Å². The molecule has 1 aliphatic rings. The van der Waals surface area contributed by atoms with E-state index in [0.717, 1.165) is 44.2 Å². The average molecular weight is 328 g/mol. The lowest BCUT2D eigenvalue weighted by Crippen LogP contribution is -2.44. The number of morpholine rings is 1. The van der Waals surface area contributed by atoms with Gasteiger partial charge in [-0.15, -0.1) is 5.10 Å². The number of rotatable bonds is 4. The maximum atomic E-state index is 6.07. The van der Waals surface area contributed by atoms with Crippen molar-refractivity contribution in [1.29, 1.82) is 0 Å². The highest BCUT2D eigenvalue weighted by atomic mass is 35.5. The minimum absolute atomic E-state index is 0.141. The van der Waals surface area contributed by atoms with Crippen LogP contribution < -0.4 is 0 Å². The van der Waals surface area contributed by atoms with Crippen LogP contribution in [0.4, 0.5) is 0 Å². The summed E-state index contributed by atoms with van der Waals surface area (Å²) in [6.45, 7) is 8.05. The third-order valence-electron chi connectivity index (χ3n) is 3.59. The van der Waals surface area contributed by atoms with E-state index in [1.165, 1.54) is 17.2 Å². The quantitative estimate of drug-likeness (QED) is 0.858. The molecule has 1 saturated heterocycles. The smallest absolute Gasteiger partial charge is 0.138 e. The van der Waals surface area contributed by atoms with E-state index in [1.54, 1.807) is 0 Å². The maximum Gasteiger partial charge on any atom is 0.138 e. The number of aryl methyl sites for hydroxylation is 2. The number of aromatic nitrogens is 4. The van der Waals surface area contributed by atoms with Crippen LogP contribution >= 0.6 is 23.1 Å². The van der Waals surface area contributed by atoms with E-state index in [9.17, 15) is 0 Å². The molecule has 8 heteroatoms. The number of ether oxygens (including phenoxy) is 1. The summed E-state index contributed by atoms with van der Waals surface area (Å²) < 4.78 is 12.4. The highest BCUT2D eigenvalue weighted by Crippen LogP contribution is 2.20. The van der Waals surface area contributed by atoms with Gasteiger partial charge in [0.1, 0.15) is 10.0 Å². The molecule has 21 heavy (non-hydrogen) atoms. The molecule has 6 nitrogen and oxygen atoms in total. The molecule has 0 N–H and O–H groups in total. The van der Waals surface area contributed by atoms with E-state index < -0.39 is 0 Å². The van der Waals surface area contributed by atoms with Crippen LogP contribution in [0.2, 0.25) is 4.34 Å². The predicted molar refractivity (Wildman–Crippen MR) is 81.6 cm³/mol. The first kappa shape index (κ1) is 14.9. The normalized spacial score (nSPS) is 20.0. The van der Waals surface area contributed by atoms with Gasteiger partial charge in [-0.2, -0.15) is 5.10 Å². The van der Waals surface area contributed by atoms with E-state index in [-0.39, 0.29) is 6.10 Å². The Morgan fingerprint density at radius 3 is 3.00 bits per heavy atom. The molecular formula is C13H18ClN5OS. The Bertz CT molecular complexity index is 613. The Morgan fingerprint density at radius 2 is 2.33 bits per heavy atom. The molecule has 1 unspecified atom stereocenters. The van der Waals surface area contributed by atoms with Gasteiger partial charge in [-0.05, 0) is 19.9 Å². The number of hydrogen-bond acceptors (Lipinski definition) is 6. The largest absolute Gasteiger partial charge is 0.374 e. The summed E-state index contributed by atoms with van der Waals surface area (Å²) >= 11 is 7.30. The van der Waals surface area contributed by atoms with Crippen LogP contribution in [0.25, 0.3) is 0 Å². The summed E-state index contributed by atoms with van der Waals surface area (Å²) in [5, 5.41) is 8.57. The zero-order chi connectivity index (χ0) is 14.8. The fraction of sp³-hybridized carbons (Fsp3) is 0.615. The third-order valence-corrected chi connectivity index (χ3v) is 4.57. The SMILES string of the molecule is Cc1cc(C)n(CC2CN(Cc3nnsc3Cl)CCO2)n1. The fourth-order valence-electron chi connectivity index (χ4n) is 2.59. The topological polar surface area (TPSA) is 56.1 Å². The van der Waals surface area contributed by atoms with Crippen molar-refractivity contribution in [3.63, 3.8) is 0 Å². The van der Waals surface area contributed by atoms with Gasteiger partial charge in [0.05, 0.1) is 24.9 Å². The second kappa shape index (κ2) is 6.39. The number of halogens is 1. The van der Waals surface area contributed by atoms with Crippen LogP contribution in [0.15, 0.2) is 6.07 Å². The van der Waals surface area contributed by atoms with Gasteiger partial charge in [-0.3, -0.25) is 9.58 Å². The molecule has 0 saturated carbocycles. The zero-order valence-corrected chi connectivity index (χ0v) is 13.7. The number of hydrogen-bond donors (Lipinski definition) is 0. The summed E-state index contributed by atoms with van der Waals surface area (Å²) in [6, 6.07) is 2.08. The van der Waals surface area contributed by atoms with Crippen LogP contribution in [0.5, 0.6) is 0 Å². The van der Waals surface area contributed by atoms with Crippen molar-refractivity contribution in [3.8, 4) is 0 Å². The van der Waals surface area contributed by atoms with Crippen LogP contribution in [0, 0.1) is 13.8 Å². The van der Waals surface area contributed by atoms with Gasteiger partial charge in [0.15, 0.2) is 0 Å². The van der Waals surface area contributed by atoms with Crippen LogP contribution in [-0.4, -0.2) is 50.1 Å². The molecule has 1 fully saturated rings. The molecule has 1 atom stereocenters. The summed E-state index contributed by atoms with van der Waals surface area (Å²) in [5.41, 5.74) is 3.06. The molecule has 1 aliphatic heterocycles. The minimum atomic E-state index is 0.141. The summed E-state index contributed by atoms with van der Waals surface area (Å²) in [6.07, 6.45) is 0.141. The molecular weight excluding hydrogens is 310 g/mol. The molecule has 0 bridgehead atoms. The van der Waals surface area contributed by atoms with Gasteiger partial charge < -0.3 is 4.74 Å². The lowest BCUT2D eigenvalue weighted by atomic mass is 10.2. The molecule has 0 aliphatic carbocycles. The lowest BCUT2D eigenvalue weighted by Gasteiger charge is -2.32. The highest BCUT2D eigenvalue weighted by molar-refractivity contribution is 7.10. The van der Waals surface area contributed by atoms with Crippen molar-refractivity contribution in [2.45, 2.75) is 33.0 Å². The average Bonchev–Trinajstić information content (AvgIpc) is 2.97. The second-order valence-corrected chi connectivity index (χ2v) is 6.69. The molecule has 0 amide bonds. The van der Waals surface area contributed by atoms with Crippen LogP contribution in [0.3, 0.4) is 0 Å². The number of nitrogens with zero attached hydrogens (tertiary/aromatic N) is 5. The maximum absolute atomic E-state index is 6.07. The molecule has 0 aromatic carbocycles. The molecule has 114 valence electrons. The van der Waals surface area contributed by atoms with Crippen molar-refractivity contribution in [2.24, 2.45) is 0 Å². The van der Waals surface area contributed by atoms with Crippen molar-refractivity contribution in [1.82, 2.24) is 24.3 Å². The second-order valence-electron chi connectivity index (χ2n) is 5.33. The van der Waals surface area contributed by atoms with E-state index in [1.807, 2.05) is 11.6 Å². The van der Waals surface area contributed by atoms with Gasteiger partial charge in [-0.1, -0.05) is 16.1 Å². The van der Waals surface area contributed by atoms with Crippen molar-refractivity contribution in [3.05, 3.63) is 27.5 Å². The van der Waals surface area contributed by atoms with Gasteiger partial charge in [-0.25, -0.2) is 0 Å². The van der Waals surface area contributed by atoms with Gasteiger partial charge in [0.25, 0.3) is 0 Å². The highest BCUT2D eigenvalue weighted by Gasteiger charge is 2.23. The van der Waals surface area contributed by atoms with Crippen LogP contribution in [0.1, 0.15) is 17.1 Å². The molecule has 3 heterocycles. The van der Waals surface area contributed by atoms with E-state index in [0.29, 0.717) is 4.34 Å². The minimum Gasteiger partial charge on any atom is -0.374 e. The van der Waals surface area contributed by atoms with Crippen molar-refractivity contribution >= 4 is 23.1 Å². The van der Waals surface area contributed by atoms with E-state index in [2.05, 4.69) is 32.6 Å². The van der Waals surface area contributed by atoms with Gasteiger partial charge >= 0.3 is 0 Å². The summed E-state index contributed by atoms with van der Waals surface area (Å²) in [5.74, 6) is 0. The zero-order valence-electron chi connectivity index (χ0n) is 12.1. The van der Waals surface area contributed by atoms with E-state index >= 15 is 0 Å². The van der Waals surface area contributed by atoms with Crippen molar-refractivity contribution < 1.29 is 4.74 Å². The Morgan fingerprint density at radius 1 is 1.48 bits per heavy atom. The van der Waals surface area contributed by atoms with Gasteiger partial charge in [0, 0.05) is 36.9 Å². The Kier molecular flexibility index (Phi) is 4.54. The first-order chi connectivity index (χ1) is 10.1.